The van der Waals surface area contributed by atoms with Crippen LogP contribution in [-0.4, -0.2) is 11.9 Å². The van der Waals surface area contributed by atoms with Crippen LogP contribution in [0.15, 0.2) is 48.5 Å². The van der Waals surface area contributed by atoms with Crippen molar-refractivity contribution in [3.05, 3.63) is 48.5 Å². The molecular weight excluding hydrogens is 198 g/mol. The van der Waals surface area contributed by atoms with Crippen LogP contribution in [0.3, 0.4) is 0 Å². The number of carbonyl (C=O) groups excluding carboxylic acids is 1. The van der Waals surface area contributed by atoms with E-state index in [0.29, 0.717) is 6.04 Å². The summed E-state index contributed by atoms with van der Waals surface area (Å²) in [6.45, 7) is 1.99. The van der Waals surface area contributed by atoms with Crippen molar-refractivity contribution in [2.45, 2.75) is 19.4 Å². The molecule has 0 bridgehead atoms. The molecule has 1 aliphatic rings. The van der Waals surface area contributed by atoms with Gasteiger partial charge in [0.05, 0.1) is 0 Å². The molecule has 16 heavy (non-hydrogen) atoms. The number of hydrogen-bond donors (Lipinski definition) is 1. The summed E-state index contributed by atoms with van der Waals surface area (Å²) in [4.78, 5) is 10.00. The Morgan fingerprint density at radius 2 is 1.38 bits per heavy atom. The van der Waals surface area contributed by atoms with E-state index in [-0.39, 0.29) is 5.91 Å². The Balaban J connectivity index is 0.000000138. The number of amides is 1. The third kappa shape index (κ3) is 2.60. The van der Waals surface area contributed by atoms with Gasteiger partial charge in [-0.3, -0.25) is 4.79 Å². The molecule has 0 saturated carbocycles. The van der Waals surface area contributed by atoms with Gasteiger partial charge in [-0.2, -0.15) is 0 Å². The fourth-order valence-corrected chi connectivity index (χ4v) is 1.66. The maximum absolute atomic E-state index is 10.00. The monoisotopic (exact) mass is 213 g/mol. The van der Waals surface area contributed by atoms with Crippen LogP contribution in [-0.2, 0) is 4.79 Å². The van der Waals surface area contributed by atoms with Crippen LogP contribution in [0.25, 0.3) is 10.8 Å². The molecule has 1 aliphatic heterocycles. The Kier molecular flexibility index (Phi) is 3.20. The minimum absolute atomic E-state index is 0.183. The molecule has 0 radical (unpaired) electrons. The van der Waals surface area contributed by atoms with Crippen LogP contribution >= 0.6 is 0 Å². The van der Waals surface area contributed by atoms with Gasteiger partial charge in [0.2, 0.25) is 5.91 Å². The van der Waals surface area contributed by atoms with Crippen molar-refractivity contribution in [1.29, 1.82) is 0 Å². The van der Waals surface area contributed by atoms with E-state index < -0.39 is 0 Å². The summed E-state index contributed by atoms with van der Waals surface area (Å²) >= 11 is 0. The maximum Gasteiger partial charge on any atom is 0.222 e. The van der Waals surface area contributed by atoms with Crippen LogP contribution in [0.5, 0.6) is 0 Å². The lowest BCUT2D eigenvalue weighted by molar-refractivity contribution is -0.127. The number of benzene rings is 2. The van der Waals surface area contributed by atoms with Crippen molar-refractivity contribution < 1.29 is 4.79 Å². The number of rotatable bonds is 0. The molecule has 1 fully saturated rings. The molecule has 0 spiro atoms. The van der Waals surface area contributed by atoms with Crippen molar-refractivity contribution in [2.24, 2.45) is 0 Å². The van der Waals surface area contributed by atoms with Gasteiger partial charge in [0, 0.05) is 12.5 Å². The lowest BCUT2D eigenvalue weighted by Gasteiger charge is -2.21. The van der Waals surface area contributed by atoms with Gasteiger partial charge in [0.1, 0.15) is 0 Å². The maximum atomic E-state index is 10.00. The molecule has 2 aromatic carbocycles. The Bertz CT molecular complexity index is 419. The van der Waals surface area contributed by atoms with Gasteiger partial charge in [0.25, 0.3) is 0 Å². The third-order valence-corrected chi connectivity index (χ3v) is 2.56. The quantitative estimate of drug-likeness (QED) is 0.670. The first-order valence-corrected chi connectivity index (χ1v) is 5.49. The zero-order chi connectivity index (χ0) is 11.4. The van der Waals surface area contributed by atoms with Crippen LogP contribution in [0.2, 0.25) is 0 Å². The highest BCUT2D eigenvalue weighted by atomic mass is 16.2. The molecule has 1 amide bonds. The van der Waals surface area contributed by atoms with Gasteiger partial charge in [-0.25, -0.2) is 0 Å². The Labute approximate surface area is 95.3 Å². The number of nitrogens with one attached hydrogen (secondary N) is 1. The molecule has 2 heteroatoms. The van der Waals surface area contributed by atoms with E-state index in [9.17, 15) is 4.79 Å². The summed E-state index contributed by atoms with van der Waals surface area (Å²) in [5.41, 5.74) is 0. The minimum Gasteiger partial charge on any atom is -0.353 e. The first-order chi connectivity index (χ1) is 7.75. The molecule has 2 nitrogen and oxygen atoms in total. The highest BCUT2D eigenvalue weighted by Crippen LogP contribution is 2.11. The fraction of sp³-hybridized carbons (Fsp3) is 0.214. The Hall–Kier alpha value is -1.83. The average Bonchev–Trinajstić information content (AvgIpc) is 2.29. The first kappa shape index (κ1) is 10.7. The molecular formula is C14H15NO. The zero-order valence-corrected chi connectivity index (χ0v) is 9.31. The van der Waals surface area contributed by atoms with E-state index in [1.165, 1.54) is 10.8 Å². The summed E-state index contributed by atoms with van der Waals surface area (Å²) in [6.07, 6.45) is 0.722. The zero-order valence-electron chi connectivity index (χ0n) is 9.31. The largest absolute Gasteiger partial charge is 0.353 e. The normalized spacial score (nSPS) is 18.1. The van der Waals surface area contributed by atoms with Gasteiger partial charge in [-0.05, 0) is 17.7 Å². The van der Waals surface area contributed by atoms with Gasteiger partial charge in [-0.15, -0.1) is 0 Å². The number of carbonyl (C=O) groups is 1. The SMILES string of the molecule is C[C@@H]1CC(=O)N1.c1ccc2ccccc2c1. The summed E-state index contributed by atoms with van der Waals surface area (Å²) in [6, 6.07) is 17.2. The smallest absolute Gasteiger partial charge is 0.222 e. The first-order valence-electron chi connectivity index (χ1n) is 5.49. The van der Waals surface area contributed by atoms with E-state index in [1.807, 2.05) is 6.92 Å². The van der Waals surface area contributed by atoms with Crippen molar-refractivity contribution in [3.63, 3.8) is 0 Å². The number of hydrogen-bond acceptors (Lipinski definition) is 1. The van der Waals surface area contributed by atoms with Crippen molar-refractivity contribution >= 4 is 16.7 Å². The molecule has 3 rings (SSSR count). The topological polar surface area (TPSA) is 29.1 Å². The van der Waals surface area contributed by atoms with E-state index in [4.69, 9.17) is 0 Å². The molecule has 1 heterocycles. The average molecular weight is 213 g/mol. The summed E-state index contributed by atoms with van der Waals surface area (Å²) in [7, 11) is 0. The summed E-state index contributed by atoms with van der Waals surface area (Å²) in [5.74, 6) is 0.183. The lowest BCUT2D eigenvalue weighted by Crippen LogP contribution is -2.46. The second-order valence-corrected chi connectivity index (χ2v) is 4.02. The predicted molar refractivity (Wildman–Crippen MR) is 66.2 cm³/mol. The number of β-lactam (4-membered cyclic amide) rings is 1. The minimum atomic E-state index is 0.183. The Morgan fingerprint density at radius 1 is 1.00 bits per heavy atom. The molecule has 2 aromatic rings. The van der Waals surface area contributed by atoms with Gasteiger partial charge >= 0.3 is 0 Å². The van der Waals surface area contributed by atoms with Crippen molar-refractivity contribution in [2.75, 3.05) is 0 Å². The highest BCUT2D eigenvalue weighted by molar-refractivity contribution is 5.82. The van der Waals surface area contributed by atoms with Gasteiger partial charge in [0.15, 0.2) is 0 Å². The Morgan fingerprint density at radius 3 is 1.56 bits per heavy atom. The van der Waals surface area contributed by atoms with Crippen LogP contribution in [0, 0.1) is 0 Å². The predicted octanol–water partition coefficient (Wildman–Crippen LogP) is 2.73. The number of fused-ring (bicyclic) bond motifs is 1. The van der Waals surface area contributed by atoms with Gasteiger partial charge < -0.3 is 5.32 Å². The van der Waals surface area contributed by atoms with E-state index in [0.717, 1.165) is 6.42 Å². The molecule has 82 valence electrons. The van der Waals surface area contributed by atoms with E-state index in [1.54, 1.807) is 0 Å². The van der Waals surface area contributed by atoms with Crippen LogP contribution < -0.4 is 5.32 Å². The highest BCUT2D eigenvalue weighted by Gasteiger charge is 2.18. The van der Waals surface area contributed by atoms with Crippen molar-refractivity contribution in [3.8, 4) is 0 Å². The summed E-state index contributed by atoms with van der Waals surface area (Å²) in [5, 5.41) is 5.29. The molecule has 1 atom stereocenters. The molecule has 1 saturated heterocycles. The molecule has 0 unspecified atom stereocenters. The standard InChI is InChI=1S/C10H8.C4H7NO/c1-2-6-10-8-4-3-7-9(10)5-1;1-3-2-4(6)5-3/h1-8H;3H,2H2,1H3,(H,5,6)/t;3-/m.1/s1. The molecule has 0 aliphatic carbocycles. The van der Waals surface area contributed by atoms with E-state index in [2.05, 4.69) is 53.8 Å². The summed E-state index contributed by atoms with van der Waals surface area (Å²) < 4.78 is 0. The van der Waals surface area contributed by atoms with Gasteiger partial charge in [-0.1, -0.05) is 48.5 Å². The molecule has 0 aromatic heterocycles. The third-order valence-electron chi connectivity index (χ3n) is 2.56. The lowest BCUT2D eigenvalue weighted by atomic mass is 10.1. The van der Waals surface area contributed by atoms with Crippen LogP contribution in [0.1, 0.15) is 13.3 Å². The second kappa shape index (κ2) is 4.79. The molecule has 1 N–H and O–H groups in total. The van der Waals surface area contributed by atoms with E-state index >= 15 is 0 Å². The van der Waals surface area contributed by atoms with Crippen LogP contribution in [0.4, 0.5) is 0 Å². The second-order valence-electron chi connectivity index (χ2n) is 4.02. The fourth-order valence-electron chi connectivity index (χ4n) is 1.66. The van der Waals surface area contributed by atoms with Crippen molar-refractivity contribution in [1.82, 2.24) is 5.32 Å².